The van der Waals surface area contributed by atoms with Crippen LogP contribution in [0.2, 0.25) is 0 Å². The first-order valence-corrected chi connectivity index (χ1v) is 9.02. The van der Waals surface area contributed by atoms with Gasteiger partial charge in [0.15, 0.2) is 23.3 Å². The van der Waals surface area contributed by atoms with Crippen LogP contribution in [-0.2, 0) is 13.1 Å². The number of hydrogen-bond donors (Lipinski definition) is 3. The number of phenolic OH excluding ortho intramolecular Hbond substituents is 1. The number of aromatic nitrogens is 1. The van der Waals surface area contributed by atoms with Gasteiger partial charge < -0.3 is 20.3 Å². The molecule has 0 saturated heterocycles. The van der Waals surface area contributed by atoms with Crippen molar-refractivity contribution in [2.45, 2.75) is 52.6 Å². The predicted octanol–water partition coefficient (Wildman–Crippen LogP) is 4.30. The van der Waals surface area contributed by atoms with E-state index in [2.05, 4.69) is 34.6 Å². The molecule has 2 aromatic rings. The van der Waals surface area contributed by atoms with Gasteiger partial charge in [0.05, 0.1) is 18.8 Å². The van der Waals surface area contributed by atoms with E-state index < -0.39 is 5.82 Å². The van der Waals surface area contributed by atoms with E-state index in [0.717, 1.165) is 24.3 Å². The number of nitrogens with one attached hydrogen (secondary N) is 2. The second kappa shape index (κ2) is 11.8. The van der Waals surface area contributed by atoms with Crippen LogP contribution in [0.4, 0.5) is 4.39 Å². The molecule has 0 aliphatic rings. The minimum Gasteiger partial charge on any atom is -0.505 e. The highest BCUT2D eigenvalue weighted by Crippen LogP contribution is 2.22. The van der Waals surface area contributed by atoms with Crippen LogP contribution in [0.3, 0.4) is 0 Å². The summed E-state index contributed by atoms with van der Waals surface area (Å²) < 4.78 is 18.8. The third kappa shape index (κ3) is 7.00. The summed E-state index contributed by atoms with van der Waals surface area (Å²) in [5, 5.41) is 19.7. The maximum absolute atomic E-state index is 13.4. The van der Waals surface area contributed by atoms with E-state index in [9.17, 15) is 9.50 Å². The van der Waals surface area contributed by atoms with E-state index in [1.165, 1.54) is 12.1 Å². The van der Waals surface area contributed by atoms with Crippen molar-refractivity contribution in [3.05, 3.63) is 47.1 Å². The largest absolute Gasteiger partial charge is 0.505 e. The van der Waals surface area contributed by atoms with E-state index in [1.54, 1.807) is 6.07 Å². The van der Waals surface area contributed by atoms with Crippen molar-refractivity contribution in [2.75, 3.05) is 6.54 Å². The number of halogens is 2. The van der Waals surface area contributed by atoms with E-state index in [-0.39, 0.29) is 29.7 Å². The zero-order chi connectivity index (χ0) is 18.9. The molecule has 1 aromatic heterocycles. The molecule has 0 radical (unpaired) electrons. The molecule has 3 N–H and O–H groups in total. The van der Waals surface area contributed by atoms with Crippen LogP contribution in [0.1, 0.15) is 56.5 Å². The van der Waals surface area contributed by atoms with Crippen molar-refractivity contribution >= 4 is 29.9 Å². The average Bonchev–Trinajstić information content (AvgIpc) is 3.10. The molecule has 0 atom stereocenters. The van der Waals surface area contributed by atoms with Gasteiger partial charge in [-0.1, -0.05) is 25.1 Å². The number of benzene rings is 1. The molecule has 0 unspecified atom stereocenters. The van der Waals surface area contributed by atoms with E-state index >= 15 is 0 Å². The molecular weight excluding hydrogens is 462 g/mol. The minimum atomic E-state index is -0.647. The number of rotatable bonds is 8. The Balaban J connectivity index is 0.00000364. The Morgan fingerprint density at radius 3 is 2.59 bits per heavy atom. The van der Waals surface area contributed by atoms with E-state index in [4.69, 9.17) is 4.52 Å². The molecule has 0 spiro atoms. The maximum Gasteiger partial charge on any atom is 0.191 e. The van der Waals surface area contributed by atoms with Gasteiger partial charge in [-0.25, -0.2) is 9.38 Å². The Morgan fingerprint density at radius 1 is 1.22 bits per heavy atom. The third-order valence-corrected chi connectivity index (χ3v) is 4.19. The van der Waals surface area contributed by atoms with Crippen molar-refractivity contribution in [2.24, 2.45) is 4.99 Å². The molecule has 1 aromatic carbocycles. The van der Waals surface area contributed by atoms with E-state index in [0.29, 0.717) is 37.1 Å². The van der Waals surface area contributed by atoms with Crippen LogP contribution in [-0.4, -0.2) is 22.8 Å². The van der Waals surface area contributed by atoms with Gasteiger partial charge in [0.1, 0.15) is 0 Å². The van der Waals surface area contributed by atoms with Crippen molar-refractivity contribution in [1.82, 2.24) is 15.8 Å². The summed E-state index contributed by atoms with van der Waals surface area (Å²) in [6.45, 7) is 7.71. The molecule has 27 heavy (non-hydrogen) atoms. The molecule has 2 rings (SSSR count). The third-order valence-electron chi connectivity index (χ3n) is 4.19. The second-order valence-corrected chi connectivity index (χ2v) is 6.07. The maximum atomic E-state index is 13.4. The molecule has 0 amide bonds. The Hall–Kier alpha value is -1.84. The fourth-order valence-electron chi connectivity index (χ4n) is 2.64. The second-order valence-electron chi connectivity index (χ2n) is 6.07. The van der Waals surface area contributed by atoms with Crippen LogP contribution in [0.15, 0.2) is 33.8 Å². The fraction of sp³-hybridized carbons (Fsp3) is 0.474. The monoisotopic (exact) mass is 490 g/mol. The SMILES string of the molecule is CCNC(=NCc1ccc(O)c(F)c1)NCc1cc(C(CC)CC)no1.I. The van der Waals surface area contributed by atoms with Gasteiger partial charge in [0.25, 0.3) is 0 Å². The van der Waals surface area contributed by atoms with Crippen LogP contribution in [0.25, 0.3) is 0 Å². The molecule has 0 aliphatic heterocycles. The summed E-state index contributed by atoms with van der Waals surface area (Å²) in [4.78, 5) is 4.43. The summed E-state index contributed by atoms with van der Waals surface area (Å²) >= 11 is 0. The van der Waals surface area contributed by atoms with Crippen molar-refractivity contribution in [1.29, 1.82) is 0 Å². The van der Waals surface area contributed by atoms with Crippen LogP contribution < -0.4 is 10.6 Å². The zero-order valence-electron chi connectivity index (χ0n) is 16.0. The first-order chi connectivity index (χ1) is 12.6. The van der Waals surface area contributed by atoms with Gasteiger partial charge in [-0.3, -0.25) is 0 Å². The lowest BCUT2D eigenvalue weighted by molar-refractivity contribution is 0.368. The molecule has 6 nitrogen and oxygen atoms in total. The summed E-state index contributed by atoms with van der Waals surface area (Å²) in [5.74, 6) is 0.751. The zero-order valence-corrected chi connectivity index (χ0v) is 18.3. The smallest absolute Gasteiger partial charge is 0.191 e. The van der Waals surface area contributed by atoms with Gasteiger partial charge in [-0.15, -0.1) is 24.0 Å². The molecule has 0 bridgehead atoms. The Morgan fingerprint density at radius 2 is 1.96 bits per heavy atom. The highest BCUT2D eigenvalue weighted by atomic mass is 127. The number of nitrogens with zero attached hydrogens (tertiary/aromatic N) is 2. The van der Waals surface area contributed by atoms with Crippen LogP contribution in [0.5, 0.6) is 5.75 Å². The number of aromatic hydroxyl groups is 1. The van der Waals surface area contributed by atoms with Gasteiger partial charge in [0, 0.05) is 18.5 Å². The average molecular weight is 490 g/mol. The molecule has 8 heteroatoms. The predicted molar refractivity (Wildman–Crippen MR) is 115 cm³/mol. The van der Waals surface area contributed by atoms with Gasteiger partial charge >= 0.3 is 0 Å². The van der Waals surface area contributed by atoms with Crippen LogP contribution in [0, 0.1) is 5.82 Å². The number of hydrogen-bond acceptors (Lipinski definition) is 4. The number of phenols is 1. The molecule has 1 heterocycles. The Labute approximate surface area is 176 Å². The van der Waals surface area contributed by atoms with Gasteiger partial charge in [-0.2, -0.15) is 0 Å². The quantitative estimate of drug-likeness (QED) is 0.292. The highest BCUT2D eigenvalue weighted by molar-refractivity contribution is 14.0. The highest BCUT2D eigenvalue weighted by Gasteiger charge is 2.13. The summed E-state index contributed by atoms with van der Waals surface area (Å²) in [6.07, 6.45) is 2.06. The Kier molecular flexibility index (Phi) is 10.1. The molecule has 0 aliphatic carbocycles. The first kappa shape index (κ1) is 23.2. The fourth-order valence-corrected chi connectivity index (χ4v) is 2.64. The summed E-state index contributed by atoms with van der Waals surface area (Å²) in [7, 11) is 0. The van der Waals surface area contributed by atoms with E-state index in [1.807, 2.05) is 13.0 Å². The van der Waals surface area contributed by atoms with Crippen molar-refractivity contribution < 1.29 is 14.0 Å². The van der Waals surface area contributed by atoms with Crippen molar-refractivity contribution in [3.8, 4) is 5.75 Å². The number of aliphatic imine (C=N–C) groups is 1. The normalized spacial score (nSPS) is 11.4. The van der Waals surface area contributed by atoms with Crippen molar-refractivity contribution in [3.63, 3.8) is 0 Å². The first-order valence-electron chi connectivity index (χ1n) is 9.02. The topological polar surface area (TPSA) is 82.7 Å². The van der Waals surface area contributed by atoms with Gasteiger partial charge in [-0.05, 0) is 37.5 Å². The molecular formula is C19H28FIN4O2. The summed E-state index contributed by atoms with van der Waals surface area (Å²) in [5.41, 5.74) is 1.65. The number of guanidine groups is 1. The standard InChI is InChI=1S/C19H27FN4O2.HI/c1-4-14(5-2)17-10-15(26-24-17)12-23-19(21-6-3)22-11-13-7-8-18(25)16(20)9-13;/h7-10,14,25H,4-6,11-12H2,1-3H3,(H2,21,22,23);1H. The molecule has 0 saturated carbocycles. The molecule has 0 fully saturated rings. The lowest BCUT2D eigenvalue weighted by atomic mass is 9.99. The lowest BCUT2D eigenvalue weighted by Crippen LogP contribution is -2.36. The van der Waals surface area contributed by atoms with Gasteiger partial charge in [0.2, 0.25) is 0 Å². The summed E-state index contributed by atoms with van der Waals surface area (Å²) in [6, 6.07) is 6.22. The lowest BCUT2D eigenvalue weighted by Gasteiger charge is -2.10. The Bertz CT molecular complexity index is 732. The molecule has 150 valence electrons. The van der Waals surface area contributed by atoms with Crippen LogP contribution >= 0.6 is 24.0 Å². The minimum absolute atomic E-state index is 0.